The van der Waals surface area contributed by atoms with Crippen LogP contribution in [0.5, 0.6) is 0 Å². The molecule has 1 heterocycles. The Hall–Kier alpha value is -2.77. The third-order valence-corrected chi connectivity index (χ3v) is 5.06. The lowest BCUT2D eigenvalue weighted by atomic mass is 10.2. The first kappa shape index (κ1) is 18.0. The predicted octanol–water partition coefficient (Wildman–Crippen LogP) is 4.92. The number of hydrogen-bond acceptors (Lipinski definition) is 5. The molecule has 1 amide bonds. The van der Waals surface area contributed by atoms with E-state index in [9.17, 15) is 14.9 Å². The van der Waals surface area contributed by atoms with Crippen LogP contribution in [0.2, 0.25) is 5.02 Å². The first-order valence-corrected chi connectivity index (χ1v) is 8.75. The molecular weight excluding hydrogens is 376 g/mol. The summed E-state index contributed by atoms with van der Waals surface area (Å²) in [6.45, 7) is 0.204. The second kappa shape index (κ2) is 8.07. The number of hydrogen-bond donors (Lipinski definition) is 1. The van der Waals surface area contributed by atoms with E-state index in [4.69, 9.17) is 16.0 Å². The van der Waals surface area contributed by atoms with Crippen molar-refractivity contribution in [1.82, 2.24) is 5.32 Å². The number of carbonyl (C=O) groups is 1. The van der Waals surface area contributed by atoms with E-state index in [0.717, 1.165) is 0 Å². The molecule has 0 radical (unpaired) electrons. The van der Waals surface area contributed by atoms with Gasteiger partial charge in [-0.3, -0.25) is 14.9 Å². The van der Waals surface area contributed by atoms with Crippen molar-refractivity contribution in [3.8, 4) is 0 Å². The quantitative estimate of drug-likeness (QED) is 0.478. The number of furan rings is 1. The van der Waals surface area contributed by atoms with Gasteiger partial charge >= 0.3 is 0 Å². The summed E-state index contributed by atoms with van der Waals surface area (Å²) in [6.07, 6.45) is 1.51. The van der Waals surface area contributed by atoms with Crippen molar-refractivity contribution in [2.45, 2.75) is 16.3 Å². The van der Waals surface area contributed by atoms with E-state index in [-0.39, 0.29) is 17.8 Å². The van der Waals surface area contributed by atoms with Crippen molar-refractivity contribution in [1.29, 1.82) is 0 Å². The highest BCUT2D eigenvalue weighted by Crippen LogP contribution is 2.38. The predicted molar refractivity (Wildman–Crippen MR) is 98.5 cm³/mol. The average Bonchev–Trinajstić information content (AvgIpc) is 3.15. The molecule has 0 atom stereocenters. The Bertz CT molecular complexity index is 944. The SMILES string of the molecule is O=C(NCc1ccco1)c1ccc(Sc2ccccc2Cl)c([N+](=O)[O-])c1. The van der Waals surface area contributed by atoms with E-state index in [0.29, 0.717) is 20.6 Å². The highest BCUT2D eigenvalue weighted by molar-refractivity contribution is 7.99. The Balaban J connectivity index is 1.81. The molecule has 2 aromatic carbocycles. The number of benzene rings is 2. The molecule has 6 nitrogen and oxygen atoms in total. The molecule has 0 aliphatic rings. The van der Waals surface area contributed by atoms with Crippen LogP contribution in [0, 0.1) is 10.1 Å². The monoisotopic (exact) mass is 388 g/mol. The summed E-state index contributed by atoms with van der Waals surface area (Å²) in [5.74, 6) is 0.178. The van der Waals surface area contributed by atoms with Crippen molar-refractivity contribution in [3.63, 3.8) is 0 Å². The lowest BCUT2D eigenvalue weighted by Gasteiger charge is -2.07. The summed E-state index contributed by atoms with van der Waals surface area (Å²) in [7, 11) is 0. The fraction of sp³-hybridized carbons (Fsp3) is 0.0556. The lowest BCUT2D eigenvalue weighted by Crippen LogP contribution is -2.22. The number of rotatable bonds is 6. The van der Waals surface area contributed by atoms with Gasteiger partial charge in [0.1, 0.15) is 5.76 Å². The van der Waals surface area contributed by atoms with Gasteiger partial charge in [0, 0.05) is 16.5 Å². The summed E-state index contributed by atoms with van der Waals surface area (Å²) in [4.78, 5) is 24.3. The Labute approximate surface area is 158 Å². The summed E-state index contributed by atoms with van der Waals surface area (Å²) in [5.41, 5.74) is 0.0485. The molecule has 26 heavy (non-hydrogen) atoms. The Morgan fingerprint density at radius 2 is 1.96 bits per heavy atom. The van der Waals surface area contributed by atoms with Crippen LogP contribution in [0.4, 0.5) is 5.69 Å². The van der Waals surface area contributed by atoms with Crippen molar-refractivity contribution in [3.05, 3.63) is 87.3 Å². The maximum absolute atomic E-state index is 12.2. The number of amides is 1. The van der Waals surface area contributed by atoms with Crippen molar-refractivity contribution < 1.29 is 14.1 Å². The lowest BCUT2D eigenvalue weighted by molar-refractivity contribution is -0.387. The molecule has 0 bridgehead atoms. The molecule has 0 spiro atoms. The zero-order chi connectivity index (χ0) is 18.5. The number of nitro benzene ring substituents is 1. The van der Waals surface area contributed by atoms with Crippen molar-refractivity contribution >= 4 is 35.0 Å². The van der Waals surface area contributed by atoms with Crippen LogP contribution in [-0.4, -0.2) is 10.8 Å². The fourth-order valence-corrected chi connectivity index (χ4v) is 3.39. The molecular formula is C18H13ClN2O4S. The van der Waals surface area contributed by atoms with Crippen LogP contribution in [0.3, 0.4) is 0 Å². The van der Waals surface area contributed by atoms with Crippen LogP contribution in [0.1, 0.15) is 16.1 Å². The highest BCUT2D eigenvalue weighted by atomic mass is 35.5. The summed E-state index contributed by atoms with van der Waals surface area (Å²) in [5, 5.41) is 14.6. The van der Waals surface area contributed by atoms with Gasteiger partial charge in [-0.2, -0.15) is 0 Å². The maximum Gasteiger partial charge on any atom is 0.284 e. The highest BCUT2D eigenvalue weighted by Gasteiger charge is 2.19. The Kier molecular flexibility index (Phi) is 5.60. The van der Waals surface area contributed by atoms with Gasteiger partial charge in [-0.25, -0.2) is 0 Å². The molecule has 1 N–H and O–H groups in total. The van der Waals surface area contributed by atoms with Crippen LogP contribution in [0.15, 0.2) is 75.1 Å². The van der Waals surface area contributed by atoms with E-state index >= 15 is 0 Å². The molecule has 0 saturated heterocycles. The molecule has 0 saturated carbocycles. The standard InChI is InChI=1S/C18H13ClN2O4S/c19-14-5-1-2-6-16(14)26-17-8-7-12(10-15(17)21(23)24)18(22)20-11-13-4-3-9-25-13/h1-10H,11H2,(H,20,22). The number of halogens is 1. The maximum atomic E-state index is 12.2. The van der Waals surface area contributed by atoms with Crippen LogP contribution < -0.4 is 5.32 Å². The zero-order valence-corrected chi connectivity index (χ0v) is 14.9. The van der Waals surface area contributed by atoms with Crippen molar-refractivity contribution in [2.24, 2.45) is 0 Å². The van der Waals surface area contributed by atoms with Crippen LogP contribution in [-0.2, 0) is 6.54 Å². The van der Waals surface area contributed by atoms with Gasteiger partial charge < -0.3 is 9.73 Å². The molecule has 1 aromatic heterocycles. The number of nitro groups is 1. The third-order valence-electron chi connectivity index (χ3n) is 3.48. The molecule has 0 fully saturated rings. The van der Waals surface area contributed by atoms with Crippen LogP contribution >= 0.6 is 23.4 Å². The van der Waals surface area contributed by atoms with Crippen molar-refractivity contribution in [2.75, 3.05) is 0 Å². The summed E-state index contributed by atoms with van der Waals surface area (Å²) < 4.78 is 5.14. The number of nitrogens with one attached hydrogen (secondary N) is 1. The first-order valence-electron chi connectivity index (χ1n) is 7.56. The topological polar surface area (TPSA) is 85.4 Å². The Morgan fingerprint density at radius 3 is 2.65 bits per heavy atom. The second-order valence-electron chi connectivity index (χ2n) is 5.23. The number of carbonyl (C=O) groups excluding carboxylic acids is 1. The molecule has 0 aliphatic heterocycles. The van der Waals surface area contributed by atoms with E-state index < -0.39 is 10.8 Å². The average molecular weight is 389 g/mol. The minimum atomic E-state index is -0.511. The van der Waals surface area contributed by atoms with Gasteiger partial charge in [-0.05, 0) is 36.4 Å². The van der Waals surface area contributed by atoms with Gasteiger partial charge in [0.25, 0.3) is 11.6 Å². The fourth-order valence-electron chi connectivity index (χ4n) is 2.22. The van der Waals surface area contributed by atoms with E-state index in [1.807, 2.05) is 0 Å². The molecule has 0 unspecified atom stereocenters. The van der Waals surface area contributed by atoms with E-state index in [2.05, 4.69) is 5.32 Å². The van der Waals surface area contributed by atoms with Gasteiger partial charge in [0.15, 0.2) is 0 Å². The van der Waals surface area contributed by atoms with Crippen LogP contribution in [0.25, 0.3) is 0 Å². The molecule has 3 aromatic rings. The smallest absolute Gasteiger partial charge is 0.284 e. The minimum Gasteiger partial charge on any atom is -0.467 e. The number of nitrogens with zero attached hydrogens (tertiary/aromatic N) is 1. The van der Waals surface area contributed by atoms with E-state index in [1.54, 1.807) is 48.5 Å². The van der Waals surface area contributed by atoms with E-state index in [1.165, 1.54) is 24.1 Å². The second-order valence-corrected chi connectivity index (χ2v) is 6.73. The minimum absolute atomic E-state index is 0.152. The first-order chi connectivity index (χ1) is 12.5. The normalized spacial score (nSPS) is 10.5. The largest absolute Gasteiger partial charge is 0.467 e. The van der Waals surface area contributed by atoms with Gasteiger partial charge in [0.2, 0.25) is 0 Å². The van der Waals surface area contributed by atoms with Gasteiger partial charge in [0.05, 0.1) is 27.6 Å². The van der Waals surface area contributed by atoms with Gasteiger partial charge in [-0.15, -0.1) is 0 Å². The van der Waals surface area contributed by atoms with Gasteiger partial charge in [-0.1, -0.05) is 35.5 Å². The Morgan fingerprint density at radius 1 is 1.15 bits per heavy atom. The third kappa shape index (κ3) is 4.25. The summed E-state index contributed by atoms with van der Waals surface area (Å²) >= 11 is 7.29. The zero-order valence-electron chi connectivity index (χ0n) is 13.3. The molecule has 132 valence electrons. The molecule has 8 heteroatoms. The summed E-state index contributed by atoms with van der Waals surface area (Å²) in [6, 6.07) is 14.9. The molecule has 3 rings (SSSR count). The molecule has 0 aliphatic carbocycles.